The fourth-order valence-corrected chi connectivity index (χ4v) is 7.12. The molecule has 0 aliphatic carbocycles. The van der Waals surface area contributed by atoms with Crippen LogP contribution in [0.1, 0.15) is 50.7 Å². The molecule has 0 saturated heterocycles. The van der Waals surface area contributed by atoms with Gasteiger partial charge in [0.15, 0.2) is 0 Å². The minimum Gasteiger partial charge on any atom is -0.488 e. The first-order valence-corrected chi connectivity index (χ1v) is 17.8. The molecular weight excluding hydrogens is 868 g/mol. The summed E-state index contributed by atoms with van der Waals surface area (Å²) in [6.45, 7) is 6.76. The van der Waals surface area contributed by atoms with Crippen molar-refractivity contribution in [3.05, 3.63) is 53.3 Å². The van der Waals surface area contributed by atoms with Crippen LogP contribution in [0.2, 0.25) is 0 Å². The highest BCUT2D eigenvalue weighted by molar-refractivity contribution is 9.11. The fourth-order valence-electron chi connectivity index (χ4n) is 3.36. The summed E-state index contributed by atoms with van der Waals surface area (Å²) in [5.41, 5.74) is 2.30. The average molecular weight is 902 g/mol. The number of benzene rings is 2. The molecule has 0 bridgehead atoms. The van der Waals surface area contributed by atoms with E-state index in [0.717, 1.165) is 96.5 Å². The molecule has 0 aliphatic heterocycles. The molecule has 2 aromatic carbocycles. The summed E-state index contributed by atoms with van der Waals surface area (Å²) in [4.78, 5) is 0. The maximum atomic E-state index is 6.10. The van der Waals surface area contributed by atoms with Gasteiger partial charge in [0.1, 0.15) is 36.9 Å². The molecule has 0 aromatic heterocycles. The first-order chi connectivity index (χ1) is 17.8. The molecule has 0 N–H and O–H groups in total. The van der Waals surface area contributed by atoms with Crippen LogP contribution in [-0.2, 0) is 15.9 Å². The number of alkyl halides is 2. The molecule has 10 heteroatoms. The third-order valence-corrected chi connectivity index (χ3v) is 9.20. The van der Waals surface area contributed by atoms with Gasteiger partial charge in [-0.1, -0.05) is 58.5 Å². The Morgan fingerprint density at radius 3 is 1.27 bits per heavy atom. The van der Waals surface area contributed by atoms with E-state index in [4.69, 9.17) is 18.9 Å². The van der Waals surface area contributed by atoms with Gasteiger partial charge in [-0.3, -0.25) is 0 Å². The molecule has 208 valence electrons. The van der Waals surface area contributed by atoms with Crippen LogP contribution in [0.15, 0.2) is 42.2 Å². The average Bonchev–Trinajstić information content (AvgIpc) is 2.85. The van der Waals surface area contributed by atoms with E-state index < -0.39 is 0 Å². The van der Waals surface area contributed by atoms with Gasteiger partial charge in [0.05, 0.1) is 17.9 Å². The zero-order chi connectivity index (χ0) is 27.2. The smallest absolute Gasteiger partial charge is 0.147 e. The van der Waals surface area contributed by atoms with E-state index in [-0.39, 0.29) is 12.2 Å². The maximum Gasteiger partial charge on any atom is 0.147 e. The zero-order valence-corrected chi connectivity index (χ0v) is 30.7. The number of unbranched alkanes of at least 4 members (excludes halogenated alkanes) is 2. The van der Waals surface area contributed by atoms with Crippen molar-refractivity contribution in [1.82, 2.24) is 0 Å². The predicted molar refractivity (Wildman–Crippen MR) is 174 cm³/mol. The number of rotatable bonds is 18. The number of hydrogen-bond acceptors (Lipinski definition) is 4. The lowest BCUT2D eigenvalue weighted by atomic mass is 10.0. The highest BCUT2D eigenvalue weighted by Gasteiger charge is 2.16. The van der Waals surface area contributed by atoms with Crippen LogP contribution in [0.5, 0.6) is 11.5 Å². The Bertz CT molecular complexity index is 837. The maximum absolute atomic E-state index is 6.10. The van der Waals surface area contributed by atoms with Crippen molar-refractivity contribution in [1.29, 1.82) is 0 Å². The van der Waals surface area contributed by atoms with Crippen molar-refractivity contribution in [2.75, 3.05) is 37.1 Å². The minimum absolute atomic E-state index is 0.00756. The standard InChI is InChI=1S/C27H34Br6O4/c1-3-5-7-34-20(14-28)16-36-26-22(30)10-18(11-23(26)31)9-19-12-24(32)27(25(33)13-19)37-17-21(15-29)35-8-6-4-2/h10-13,20-21H,3-9,14-17H2,1-2H3. The molecular formula is C27H34Br6O4. The molecule has 0 heterocycles. The van der Waals surface area contributed by atoms with Crippen molar-refractivity contribution >= 4 is 95.6 Å². The van der Waals surface area contributed by atoms with Crippen LogP contribution in [0, 0.1) is 0 Å². The third kappa shape index (κ3) is 12.1. The molecule has 0 saturated carbocycles. The predicted octanol–water partition coefficient (Wildman–Crippen LogP) is 10.2. The Balaban J connectivity index is 2.03. The summed E-state index contributed by atoms with van der Waals surface area (Å²) < 4.78 is 27.6. The van der Waals surface area contributed by atoms with Gasteiger partial charge >= 0.3 is 0 Å². The van der Waals surface area contributed by atoms with E-state index in [2.05, 4.69) is 134 Å². The Kier molecular flexibility index (Phi) is 17.5. The topological polar surface area (TPSA) is 36.9 Å². The van der Waals surface area contributed by atoms with Gasteiger partial charge in [-0.2, -0.15) is 0 Å². The summed E-state index contributed by atoms with van der Waals surface area (Å²) in [5, 5.41) is 1.46. The minimum atomic E-state index is 0.00756. The zero-order valence-electron chi connectivity index (χ0n) is 21.1. The molecule has 2 rings (SSSR count). The largest absolute Gasteiger partial charge is 0.488 e. The second-order valence-electron chi connectivity index (χ2n) is 8.58. The molecule has 0 spiro atoms. The van der Waals surface area contributed by atoms with Crippen LogP contribution in [0.4, 0.5) is 0 Å². The summed E-state index contributed by atoms with van der Waals surface area (Å²) in [6.07, 6.45) is 5.10. The van der Waals surface area contributed by atoms with Gasteiger partial charge in [-0.25, -0.2) is 0 Å². The summed E-state index contributed by atoms with van der Waals surface area (Å²) >= 11 is 21.8. The molecule has 0 amide bonds. The molecule has 4 nitrogen and oxygen atoms in total. The van der Waals surface area contributed by atoms with E-state index in [1.165, 1.54) is 0 Å². The lowest BCUT2D eigenvalue weighted by Gasteiger charge is -2.19. The Morgan fingerprint density at radius 1 is 0.622 bits per heavy atom. The van der Waals surface area contributed by atoms with E-state index in [1.54, 1.807) is 0 Å². The van der Waals surface area contributed by atoms with Gasteiger partial charge < -0.3 is 18.9 Å². The van der Waals surface area contributed by atoms with Gasteiger partial charge in [-0.15, -0.1) is 0 Å². The van der Waals surface area contributed by atoms with Crippen LogP contribution in [0.25, 0.3) is 0 Å². The van der Waals surface area contributed by atoms with Crippen LogP contribution >= 0.6 is 95.6 Å². The van der Waals surface area contributed by atoms with Crippen molar-refractivity contribution in [2.24, 2.45) is 0 Å². The molecule has 2 atom stereocenters. The van der Waals surface area contributed by atoms with Gasteiger partial charge in [0, 0.05) is 23.9 Å². The fraction of sp³-hybridized carbons (Fsp3) is 0.556. The van der Waals surface area contributed by atoms with Gasteiger partial charge in [0.2, 0.25) is 0 Å². The van der Waals surface area contributed by atoms with Crippen molar-refractivity contribution < 1.29 is 18.9 Å². The quantitative estimate of drug-likeness (QED) is 0.110. The van der Waals surface area contributed by atoms with Crippen LogP contribution in [-0.4, -0.2) is 49.3 Å². The summed E-state index contributed by atoms with van der Waals surface area (Å²) in [6, 6.07) is 8.40. The first kappa shape index (κ1) is 34.0. The van der Waals surface area contributed by atoms with Crippen molar-refractivity contribution in [3.8, 4) is 11.5 Å². The van der Waals surface area contributed by atoms with Crippen molar-refractivity contribution in [2.45, 2.75) is 58.2 Å². The second kappa shape index (κ2) is 19.1. The molecule has 37 heavy (non-hydrogen) atoms. The highest BCUT2D eigenvalue weighted by Crippen LogP contribution is 2.38. The third-order valence-electron chi connectivity index (χ3n) is 5.40. The van der Waals surface area contributed by atoms with E-state index in [0.29, 0.717) is 13.2 Å². The number of hydrogen-bond donors (Lipinski definition) is 0. The number of halogens is 6. The SMILES string of the molecule is CCCCOC(CBr)COc1c(Br)cc(Cc2cc(Br)c(OCC(CBr)OCCCC)c(Br)c2)cc1Br. The van der Waals surface area contributed by atoms with Gasteiger partial charge in [0.25, 0.3) is 0 Å². The van der Waals surface area contributed by atoms with Crippen LogP contribution < -0.4 is 9.47 Å². The Morgan fingerprint density at radius 2 is 0.973 bits per heavy atom. The Labute approximate surface area is 272 Å². The molecule has 0 fully saturated rings. The molecule has 0 aliphatic rings. The normalized spacial score (nSPS) is 13.0. The van der Waals surface area contributed by atoms with E-state index in [1.807, 2.05) is 0 Å². The first-order valence-electron chi connectivity index (χ1n) is 12.4. The van der Waals surface area contributed by atoms with Crippen molar-refractivity contribution in [3.63, 3.8) is 0 Å². The molecule has 0 radical (unpaired) electrons. The highest BCUT2D eigenvalue weighted by atomic mass is 79.9. The van der Waals surface area contributed by atoms with E-state index >= 15 is 0 Å². The lowest BCUT2D eigenvalue weighted by molar-refractivity contribution is 0.0342. The summed E-state index contributed by atoms with van der Waals surface area (Å²) in [5.74, 6) is 1.56. The summed E-state index contributed by atoms with van der Waals surface area (Å²) in [7, 11) is 0. The molecule has 2 unspecified atom stereocenters. The molecule has 2 aromatic rings. The van der Waals surface area contributed by atoms with Gasteiger partial charge in [-0.05, 0) is 118 Å². The second-order valence-corrected chi connectivity index (χ2v) is 13.3. The monoisotopic (exact) mass is 896 g/mol. The number of ether oxygens (including phenoxy) is 4. The van der Waals surface area contributed by atoms with E-state index in [9.17, 15) is 0 Å². The lowest BCUT2D eigenvalue weighted by Crippen LogP contribution is -2.24. The van der Waals surface area contributed by atoms with Crippen LogP contribution in [0.3, 0.4) is 0 Å². The Hall–Kier alpha value is 0.840.